The third-order valence-electron chi connectivity index (χ3n) is 5.54. The molecule has 0 spiro atoms. The van der Waals surface area contributed by atoms with Gasteiger partial charge in [0.2, 0.25) is 0 Å². The van der Waals surface area contributed by atoms with Crippen LogP contribution < -0.4 is 0 Å². The van der Waals surface area contributed by atoms with Gasteiger partial charge in [0.1, 0.15) is 0 Å². The number of nitrogens with zero attached hydrogens (tertiary/aromatic N) is 2. The summed E-state index contributed by atoms with van der Waals surface area (Å²) in [7, 11) is 2.31. The van der Waals surface area contributed by atoms with Crippen molar-refractivity contribution in [1.29, 1.82) is 0 Å². The maximum absolute atomic E-state index is 2.76. The number of hydrogen-bond acceptors (Lipinski definition) is 2. The molecule has 0 amide bonds. The Hall–Kier alpha value is -0.0800. The molecule has 0 aromatic rings. The Balaban J connectivity index is 1.58. The zero-order chi connectivity index (χ0) is 12.0. The zero-order valence-electron chi connectivity index (χ0n) is 11.8. The van der Waals surface area contributed by atoms with E-state index in [1.165, 1.54) is 52.0 Å². The van der Waals surface area contributed by atoms with Gasteiger partial charge in [-0.25, -0.2) is 0 Å². The second-order valence-corrected chi connectivity index (χ2v) is 7.31. The van der Waals surface area contributed by atoms with Gasteiger partial charge in [-0.3, -0.25) is 0 Å². The van der Waals surface area contributed by atoms with Crippen molar-refractivity contribution in [3.8, 4) is 0 Å². The highest BCUT2D eigenvalue weighted by Gasteiger charge is 2.59. The zero-order valence-corrected chi connectivity index (χ0v) is 11.8. The minimum Gasteiger partial charge on any atom is -0.305 e. The third kappa shape index (κ3) is 2.26. The number of rotatable bonds is 2. The van der Waals surface area contributed by atoms with E-state index in [2.05, 4.69) is 30.7 Å². The van der Waals surface area contributed by atoms with E-state index in [1.807, 2.05) is 0 Å². The maximum atomic E-state index is 2.76. The SMILES string of the molecule is CC1CCN(CC23CC2[C@H](C)CN(C)C3)CC1. The predicted molar refractivity (Wildman–Crippen MR) is 72.0 cm³/mol. The van der Waals surface area contributed by atoms with Gasteiger partial charge in [-0.15, -0.1) is 0 Å². The van der Waals surface area contributed by atoms with Crippen molar-refractivity contribution in [2.45, 2.75) is 33.1 Å². The summed E-state index contributed by atoms with van der Waals surface area (Å²) in [6, 6.07) is 0. The molecule has 98 valence electrons. The number of hydrogen-bond donors (Lipinski definition) is 0. The maximum Gasteiger partial charge on any atom is 0.00531 e. The van der Waals surface area contributed by atoms with Crippen molar-refractivity contribution in [2.24, 2.45) is 23.2 Å². The van der Waals surface area contributed by atoms with Crippen LogP contribution in [0.4, 0.5) is 0 Å². The summed E-state index contributed by atoms with van der Waals surface area (Å²) >= 11 is 0. The van der Waals surface area contributed by atoms with Gasteiger partial charge in [-0.1, -0.05) is 13.8 Å². The van der Waals surface area contributed by atoms with Crippen LogP contribution in [0.25, 0.3) is 0 Å². The normalized spacial score (nSPS) is 44.6. The molecule has 2 heterocycles. The lowest BCUT2D eigenvalue weighted by Crippen LogP contribution is -2.45. The van der Waals surface area contributed by atoms with Gasteiger partial charge in [-0.05, 0) is 62.6 Å². The molecule has 0 bridgehead atoms. The molecule has 1 saturated carbocycles. The second kappa shape index (κ2) is 4.24. The summed E-state index contributed by atoms with van der Waals surface area (Å²) in [4.78, 5) is 5.33. The molecule has 2 nitrogen and oxygen atoms in total. The Morgan fingerprint density at radius 1 is 1.18 bits per heavy atom. The fraction of sp³-hybridized carbons (Fsp3) is 1.00. The molecule has 3 rings (SSSR count). The highest BCUT2D eigenvalue weighted by Crippen LogP contribution is 2.59. The van der Waals surface area contributed by atoms with E-state index in [-0.39, 0.29) is 0 Å². The van der Waals surface area contributed by atoms with Gasteiger partial charge in [0, 0.05) is 19.6 Å². The molecule has 1 aliphatic carbocycles. The number of piperidine rings is 2. The smallest absolute Gasteiger partial charge is 0.00531 e. The van der Waals surface area contributed by atoms with Crippen molar-refractivity contribution in [1.82, 2.24) is 9.80 Å². The van der Waals surface area contributed by atoms with Crippen LogP contribution in [-0.2, 0) is 0 Å². The van der Waals surface area contributed by atoms with Crippen LogP contribution in [0, 0.1) is 23.2 Å². The van der Waals surface area contributed by atoms with Gasteiger partial charge in [0.25, 0.3) is 0 Å². The molecule has 0 aromatic carbocycles. The fourth-order valence-electron chi connectivity index (χ4n) is 4.48. The van der Waals surface area contributed by atoms with Crippen molar-refractivity contribution in [3.63, 3.8) is 0 Å². The first-order chi connectivity index (χ1) is 8.09. The van der Waals surface area contributed by atoms with Crippen molar-refractivity contribution >= 4 is 0 Å². The summed E-state index contributed by atoms with van der Waals surface area (Å²) in [5.41, 5.74) is 0.687. The average Bonchev–Trinajstić information content (AvgIpc) is 2.96. The van der Waals surface area contributed by atoms with Crippen LogP contribution in [-0.4, -0.2) is 49.6 Å². The van der Waals surface area contributed by atoms with E-state index in [9.17, 15) is 0 Å². The summed E-state index contributed by atoms with van der Waals surface area (Å²) in [5, 5.41) is 0. The molecule has 3 atom stereocenters. The van der Waals surface area contributed by atoms with Crippen LogP contribution in [0.2, 0.25) is 0 Å². The largest absolute Gasteiger partial charge is 0.305 e. The molecule has 3 aliphatic rings. The Morgan fingerprint density at radius 3 is 2.59 bits per heavy atom. The monoisotopic (exact) mass is 236 g/mol. The van der Waals surface area contributed by atoms with E-state index < -0.39 is 0 Å². The summed E-state index contributed by atoms with van der Waals surface area (Å²) < 4.78 is 0. The molecular formula is C15H28N2. The fourth-order valence-corrected chi connectivity index (χ4v) is 4.48. The lowest BCUT2D eigenvalue weighted by atomic mass is 9.89. The van der Waals surface area contributed by atoms with Gasteiger partial charge < -0.3 is 9.80 Å². The summed E-state index contributed by atoms with van der Waals surface area (Å²) in [6.07, 6.45) is 4.35. The van der Waals surface area contributed by atoms with Crippen LogP contribution in [0.15, 0.2) is 0 Å². The van der Waals surface area contributed by atoms with Gasteiger partial charge in [0.15, 0.2) is 0 Å². The molecule has 2 saturated heterocycles. The standard InChI is InChI=1S/C15H28N2/c1-12-4-6-17(7-5-12)11-15-8-14(15)13(2)9-16(3)10-15/h12-14H,4-11H2,1-3H3/t13-,14?,15?/m1/s1. The molecule has 0 aromatic heterocycles. The number of fused-ring (bicyclic) bond motifs is 1. The molecule has 0 radical (unpaired) electrons. The molecule has 3 fully saturated rings. The lowest BCUT2D eigenvalue weighted by Gasteiger charge is -2.39. The Labute approximate surface area is 106 Å². The second-order valence-electron chi connectivity index (χ2n) is 7.31. The Kier molecular flexibility index (Phi) is 2.99. The summed E-state index contributed by atoms with van der Waals surface area (Å²) in [6.45, 7) is 11.6. The quantitative estimate of drug-likeness (QED) is 0.726. The van der Waals surface area contributed by atoms with Crippen molar-refractivity contribution in [3.05, 3.63) is 0 Å². The van der Waals surface area contributed by atoms with E-state index in [0.717, 1.165) is 17.8 Å². The van der Waals surface area contributed by atoms with Gasteiger partial charge in [0.05, 0.1) is 0 Å². The highest BCUT2D eigenvalue weighted by molar-refractivity contribution is 5.10. The lowest BCUT2D eigenvalue weighted by molar-refractivity contribution is 0.0929. The van der Waals surface area contributed by atoms with Crippen LogP contribution in [0.5, 0.6) is 0 Å². The number of likely N-dealkylation sites (tertiary alicyclic amines) is 2. The van der Waals surface area contributed by atoms with Gasteiger partial charge in [-0.2, -0.15) is 0 Å². The third-order valence-corrected chi connectivity index (χ3v) is 5.54. The summed E-state index contributed by atoms with van der Waals surface area (Å²) in [5.74, 6) is 2.93. The van der Waals surface area contributed by atoms with Crippen molar-refractivity contribution in [2.75, 3.05) is 39.8 Å². The first kappa shape index (κ1) is 12.0. The van der Waals surface area contributed by atoms with E-state index in [1.54, 1.807) is 0 Å². The first-order valence-corrected chi connectivity index (χ1v) is 7.50. The average molecular weight is 236 g/mol. The first-order valence-electron chi connectivity index (χ1n) is 7.50. The van der Waals surface area contributed by atoms with Crippen LogP contribution in [0.3, 0.4) is 0 Å². The molecule has 0 N–H and O–H groups in total. The molecule has 2 heteroatoms. The van der Waals surface area contributed by atoms with Crippen LogP contribution in [0.1, 0.15) is 33.1 Å². The Bertz CT molecular complexity index is 283. The molecule has 2 unspecified atom stereocenters. The van der Waals surface area contributed by atoms with E-state index >= 15 is 0 Å². The molecule has 2 aliphatic heterocycles. The minimum atomic E-state index is 0.687. The van der Waals surface area contributed by atoms with Crippen molar-refractivity contribution < 1.29 is 0 Å². The Morgan fingerprint density at radius 2 is 1.88 bits per heavy atom. The van der Waals surface area contributed by atoms with E-state index in [0.29, 0.717) is 5.41 Å². The topological polar surface area (TPSA) is 6.48 Å². The highest BCUT2D eigenvalue weighted by atomic mass is 15.2. The van der Waals surface area contributed by atoms with Gasteiger partial charge >= 0.3 is 0 Å². The molecular weight excluding hydrogens is 208 g/mol. The molecule has 17 heavy (non-hydrogen) atoms. The van der Waals surface area contributed by atoms with E-state index in [4.69, 9.17) is 0 Å². The van der Waals surface area contributed by atoms with Crippen LogP contribution >= 0.6 is 0 Å². The minimum absolute atomic E-state index is 0.687. The predicted octanol–water partition coefficient (Wildman–Crippen LogP) is 2.31.